The van der Waals surface area contributed by atoms with Crippen LogP contribution in [0.3, 0.4) is 0 Å². The Morgan fingerprint density at radius 1 is 0.975 bits per heavy atom. The van der Waals surface area contributed by atoms with Gasteiger partial charge in [0, 0.05) is 46.3 Å². The molecule has 0 bridgehead atoms. The lowest BCUT2D eigenvalue weighted by atomic mass is 9.91. The van der Waals surface area contributed by atoms with E-state index >= 15 is 0 Å². The Bertz CT molecular complexity index is 933. The van der Waals surface area contributed by atoms with Gasteiger partial charge in [-0.1, -0.05) is 40.5 Å². The van der Waals surface area contributed by atoms with E-state index in [0.717, 1.165) is 0 Å². The Labute approximate surface area is 237 Å². The standard InChI is InChI=1S/C28H46N4O8/c1-8-19(4)27(20(40-7)16-25(37)38)31(6)24(36)17-29-28(39)26(18(2)3)30(5)21(33)12-10-9-11-15-32-22(34)13-14-23(32)35/h13-14,18-20,26-27H,8-12,15-17H2,1-7H3,(H,29,39)(H,37,38). The van der Waals surface area contributed by atoms with Crippen LogP contribution in [0.2, 0.25) is 0 Å². The van der Waals surface area contributed by atoms with E-state index in [-0.39, 0.29) is 48.9 Å². The molecule has 0 spiro atoms. The molecule has 12 nitrogen and oxygen atoms in total. The summed E-state index contributed by atoms with van der Waals surface area (Å²) in [4.78, 5) is 77.5. The Morgan fingerprint density at radius 2 is 1.57 bits per heavy atom. The highest BCUT2D eigenvalue weighted by Gasteiger charge is 2.35. The first kappa shape index (κ1) is 34.7. The Kier molecular flexibility index (Phi) is 14.5. The molecule has 0 saturated carbocycles. The van der Waals surface area contributed by atoms with Crippen LogP contribution in [0, 0.1) is 11.8 Å². The summed E-state index contributed by atoms with van der Waals surface area (Å²) in [5.41, 5.74) is 0. The number of carbonyl (C=O) groups excluding carboxylic acids is 5. The van der Waals surface area contributed by atoms with Crippen molar-refractivity contribution in [3.05, 3.63) is 12.2 Å². The summed E-state index contributed by atoms with van der Waals surface area (Å²) in [7, 11) is 4.54. The van der Waals surface area contributed by atoms with E-state index in [1.165, 1.54) is 34.0 Å². The molecule has 1 heterocycles. The highest BCUT2D eigenvalue weighted by molar-refractivity contribution is 6.12. The number of unbranched alkanes of at least 4 members (excludes halogenated alkanes) is 2. The molecule has 4 atom stereocenters. The van der Waals surface area contributed by atoms with E-state index in [1.807, 2.05) is 27.7 Å². The number of carboxylic acids is 1. The second kappa shape index (κ2) is 16.7. The van der Waals surface area contributed by atoms with Crippen LogP contribution in [-0.2, 0) is 33.5 Å². The summed E-state index contributed by atoms with van der Waals surface area (Å²) in [5.74, 6) is -3.03. The van der Waals surface area contributed by atoms with Crippen LogP contribution in [0.5, 0.6) is 0 Å². The fourth-order valence-corrected chi connectivity index (χ4v) is 4.94. The Hall–Kier alpha value is -3.28. The van der Waals surface area contributed by atoms with Gasteiger partial charge >= 0.3 is 5.97 Å². The molecule has 2 N–H and O–H groups in total. The number of hydrogen-bond acceptors (Lipinski definition) is 7. The Morgan fingerprint density at radius 3 is 2.08 bits per heavy atom. The van der Waals surface area contributed by atoms with Crippen LogP contribution in [0.4, 0.5) is 0 Å². The normalized spacial score (nSPS) is 16.1. The molecule has 226 valence electrons. The molecule has 0 radical (unpaired) electrons. The molecule has 0 aromatic rings. The molecule has 12 heteroatoms. The van der Waals surface area contributed by atoms with Crippen molar-refractivity contribution in [2.24, 2.45) is 11.8 Å². The maximum Gasteiger partial charge on any atom is 0.306 e. The van der Waals surface area contributed by atoms with Crippen LogP contribution in [0.1, 0.15) is 66.2 Å². The number of ether oxygens (including phenoxy) is 1. The van der Waals surface area contributed by atoms with Gasteiger partial charge in [-0.05, 0) is 24.7 Å². The predicted octanol–water partition coefficient (Wildman–Crippen LogP) is 1.43. The monoisotopic (exact) mass is 566 g/mol. The number of nitrogens with one attached hydrogen (secondary N) is 1. The van der Waals surface area contributed by atoms with Gasteiger partial charge in [0.05, 0.1) is 25.1 Å². The van der Waals surface area contributed by atoms with Crippen molar-refractivity contribution in [3.8, 4) is 0 Å². The first-order chi connectivity index (χ1) is 18.8. The smallest absolute Gasteiger partial charge is 0.306 e. The van der Waals surface area contributed by atoms with Gasteiger partial charge in [0.1, 0.15) is 6.04 Å². The van der Waals surface area contributed by atoms with Crippen molar-refractivity contribution in [3.63, 3.8) is 0 Å². The molecule has 0 saturated heterocycles. The third kappa shape index (κ3) is 10.0. The van der Waals surface area contributed by atoms with Crippen LogP contribution in [0.15, 0.2) is 12.2 Å². The number of hydrogen-bond donors (Lipinski definition) is 2. The van der Waals surface area contributed by atoms with Gasteiger partial charge < -0.3 is 25.0 Å². The molecule has 0 aromatic heterocycles. The number of amides is 5. The number of rotatable bonds is 18. The van der Waals surface area contributed by atoms with Crippen LogP contribution in [0.25, 0.3) is 0 Å². The molecule has 0 aliphatic carbocycles. The van der Waals surface area contributed by atoms with E-state index in [2.05, 4.69) is 5.32 Å². The second-order valence-electron chi connectivity index (χ2n) is 10.6. The molecule has 0 aromatic carbocycles. The van der Waals surface area contributed by atoms with Crippen molar-refractivity contribution in [2.45, 2.75) is 84.4 Å². The lowest BCUT2D eigenvalue weighted by Gasteiger charge is -2.37. The number of aliphatic carboxylic acids is 1. The van der Waals surface area contributed by atoms with E-state index in [4.69, 9.17) is 4.74 Å². The lowest BCUT2D eigenvalue weighted by Crippen LogP contribution is -2.55. The molecule has 0 fully saturated rings. The maximum absolute atomic E-state index is 13.1. The third-order valence-corrected chi connectivity index (χ3v) is 7.42. The number of imide groups is 1. The van der Waals surface area contributed by atoms with Crippen molar-refractivity contribution in [1.29, 1.82) is 0 Å². The first-order valence-electron chi connectivity index (χ1n) is 13.8. The van der Waals surface area contributed by atoms with Crippen molar-refractivity contribution < 1.29 is 38.6 Å². The van der Waals surface area contributed by atoms with E-state index in [1.54, 1.807) is 14.1 Å². The molecular weight excluding hydrogens is 520 g/mol. The first-order valence-corrected chi connectivity index (χ1v) is 13.8. The number of methoxy groups -OCH3 is 1. The van der Waals surface area contributed by atoms with Gasteiger partial charge in [0.2, 0.25) is 17.7 Å². The molecule has 4 unspecified atom stereocenters. The Balaban J connectivity index is 2.68. The summed E-state index contributed by atoms with van der Waals surface area (Å²) >= 11 is 0. The molecule has 1 rings (SSSR count). The predicted molar refractivity (Wildman–Crippen MR) is 148 cm³/mol. The van der Waals surface area contributed by atoms with E-state index in [9.17, 15) is 33.9 Å². The molecule has 1 aliphatic heterocycles. The van der Waals surface area contributed by atoms with Crippen LogP contribution < -0.4 is 5.32 Å². The van der Waals surface area contributed by atoms with Gasteiger partial charge in [-0.3, -0.25) is 33.7 Å². The second-order valence-corrected chi connectivity index (χ2v) is 10.6. The fraction of sp³-hybridized carbons (Fsp3) is 0.714. The molecule has 1 aliphatic rings. The molecule has 40 heavy (non-hydrogen) atoms. The zero-order valence-electron chi connectivity index (χ0n) is 24.8. The minimum absolute atomic E-state index is 0.0471. The van der Waals surface area contributed by atoms with E-state index < -0.39 is 36.0 Å². The van der Waals surface area contributed by atoms with Gasteiger partial charge in [-0.15, -0.1) is 0 Å². The fourth-order valence-electron chi connectivity index (χ4n) is 4.94. The van der Waals surface area contributed by atoms with Crippen LogP contribution in [-0.4, -0.2) is 108 Å². The average Bonchev–Trinajstić information content (AvgIpc) is 3.22. The topological polar surface area (TPSA) is 154 Å². The quantitative estimate of drug-likeness (QED) is 0.187. The summed E-state index contributed by atoms with van der Waals surface area (Å²) in [5, 5.41) is 11.9. The van der Waals surface area contributed by atoms with E-state index in [0.29, 0.717) is 32.2 Å². The average molecular weight is 567 g/mol. The van der Waals surface area contributed by atoms with Crippen molar-refractivity contribution in [2.75, 3.05) is 34.3 Å². The highest BCUT2D eigenvalue weighted by atomic mass is 16.5. The molecular formula is C28H46N4O8. The number of carboxylic acid groups (broad SMARTS) is 1. The van der Waals surface area contributed by atoms with Gasteiger partial charge in [-0.2, -0.15) is 0 Å². The number of likely N-dealkylation sites (N-methyl/N-ethyl adjacent to an activating group) is 2. The number of carbonyl (C=O) groups is 6. The summed E-state index contributed by atoms with van der Waals surface area (Å²) < 4.78 is 5.41. The SMILES string of the molecule is CCC(C)C(C(CC(=O)O)OC)N(C)C(=O)CNC(=O)C(C(C)C)N(C)C(=O)CCCCCN1C(=O)C=CC1=O. The highest BCUT2D eigenvalue weighted by Crippen LogP contribution is 2.22. The summed E-state index contributed by atoms with van der Waals surface area (Å²) in [6.45, 7) is 7.48. The zero-order valence-corrected chi connectivity index (χ0v) is 24.8. The maximum atomic E-state index is 13.1. The molecule has 5 amide bonds. The third-order valence-electron chi connectivity index (χ3n) is 7.42. The van der Waals surface area contributed by atoms with Crippen LogP contribution >= 0.6 is 0 Å². The van der Waals surface area contributed by atoms with Crippen molar-refractivity contribution >= 4 is 35.5 Å². The van der Waals surface area contributed by atoms with Gasteiger partial charge in [0.15, 0.2) is 0 Å². The minimum atomic E-state index is -1.03. The van der Waals surface area contributed by atoms with Gasteiger partial charge in [0.25, 0.3) is 11.8 Å². The lowest BCUT2D eigenvalue weighted by molar-refractivity contribution is -0.146. The number of nitrogens with zero attached hydrogens (tertiary/aromatic N) is 3. The van der Waals surface area contributed by atoms with Crippen molar-refractivity contribution in [1.82, 2.24) is 20.0 Å². The summed E-state index contributed by atoms with van der Waals surface area (Å²) in [6, 6.07) is -1.29. The summed E-state index contributed by atoms with van der Waals surface area (Å²) in [6.07, 6.45) is 4.16. The zero-order chi connectivity index (χ0) is 30.6. The van der Waals surface area contributed by atoms with Gasteiger partial charge in [-0.25, -0.2) is 0 Å². The largest absolute Gasteiger partial charge is 0.481 e. The minimum Gasteiger partial charge on any atom is -0.481 e.